The molecular weight excluding hydrogens is 662 g/mol. The van der Waals surface area contributed by atoms with Crippen molar-refractivity contribution in [3.63, 3.8) is 0 Å². The molecule has 0 radical (unpaired) electrons. The normalized spacial score (nSPS) is 14.4. The van der Waals surface area contributed by atoms with Gasteiger partial charge in [-0.05, 0) is 65.9 Å². The maximum atomic E-state index is 14.4. The predicted octanol–water partition coefficient (Wildman–Crippen LogP) is 7.20. The van der Waals surface area contributed by atoms with Crippen LogP contribution < -0.4 is 19.6 Å². The highest BCUT2D eigenvalue weighted by atomic mass is 35.5. The Morgan fingerprint density at radius 3 is 2.41 bits per heavy atom. The number of fused-ring (bicyclic) bond motifs is 1. The third-order valence-corrected chi connectivity index (χ3v) is 9.31. The number of non-ortho nitro benzene ring substituents is 1. The standard InChI is InChI=1S/C38H32ClN3O6S/c1-4-47-37(44)33-34(26-8-6-5-7-9-26)40-38-41(35(33)27-14-12-25(13-15-27)23(2)3)36(43)32(49-38)21-28-20-29(39)16-19-31(28)48-22-24-10-17-30(18-11-24)42(45)46/h5-21,23,35H,4,22H2,1-3H3/b32-21-/t35-/m0/s1. The summed E-state index contributed by atoms with van der Waals surface area (Å²) in [7, 11) is 0. The Hall–Kier alpha value is -5.32. The van der Waals surface area contributed by atoms with Gasteiger partial charge >= 0.3 is 5.97 Å². The van der Waals surface area contributed by atoms with Gasteiger partial charge in [-0.2, -0.15) is 0 Å². The summed E-state index contributed by atoms with van der Waals surface area (Å²) < 4.78 is 13.6. The summed E-state index contributed by atoms with van der Waals surface area (Å²) in [5.74, 6) is 0.214. The van der Waals surface area contributed by atoms with Gasteiger partial charge in [0, 0.05) is 28.3 Å². The van der Waals surface area contributed by atoms with Crippen LogP contribution in [0.5, 0.6) is 5.75 Å². The Morgan fingerprint density at radius 1 is 1.04 bits per heavy atom. The Bertz CT molecular complexity index is 2240. The lowest BCUT2D eigenvalue weighted by atomic mass is 9.91. The number of hydrogen-bond acceptors (Lipinski definition) is 8. The highest BCUT2D eigenvalue weighted by Crippen LogP contribution is 2.36. The number of hydrogen-bond donors (Lipinski definition) is 0. The monoisotopic (exact) mass is 693 g/mol. The topological polar surface area (TPSA) is 113 Å². The molecule has 49 heavy (non-hydrogen) atoms. The van der Waals surface area contributed by atoms with E-state index in [4.69, 9.17) is 26.1 Å². The van der Waals surface area contributed by atoms with Crippen LogP contribution in [0.1, 0.15) is 60.5 Å². The molecule has 5 aromatic rings. The van der Waals surface area contributed by atoms with Crippen LogP contribution in [0.25, 0.3) is 11.8 Å². The van der Waals surface area contributed by atoms with Gasteiger partial charge in [-0.3, -0.25) is 19.5 Å². The zero-order valence-corrected chi connectivity index (χ0v) is 28.5. The highest BCUT2D eigenvalue weighted by Gasteiger charge is 2.35. The van der Waals surface area contributed by atoms with E-state index in [9.17, 15) is 19.7 Å². The van der Waals surface area contributed by atoms with E-state index in [0.717, 1.165) is 22.3 Å². The molecule has 0 N–H and O–H groups in total. The SMILES string of the molecule is CCOC(=O)C1=C(c2ccccc2)N=c2s/c(=C\c3cc(Cl)ccc3OCc3ccc([N+](=O)[O-])cc3)c(=O)n2[C@H]1c1ccc(C(C)C)cc1. The number of nitrogens with zero attached hydrogens (tertiary/aromatic N) is 3. The lowest BCUT2D eigenvalue weighted by Gasteiger charge is -2.26. The van der Waals surface area contributed by atoms with Crippen molar-refractivity contribution >= 4 is 46.4 Å². The number of rotatable bonds is 10. The summed E-state index contributed by atoms with van der Waals surface area (Å²) in [5.41, 5.74) is 4.27. The van der Waals surface area contributed by atoms with Crippen LogP contribution in [0, 0.1) is 10.1 Å². The van der Waals surface area contributed by atoms with E-state index < -0.39 is 16.9 Å². The van der Waals surface area contributed by atoms with Gasteiger partial charge in [-0.1, -0.05) is 91.4 Å². The van der Waals surface area contributed by atoms with E-state index >= 15 is 0 Å². The molecule has 4 aromatic carbocycles. The summed E-state index contributed by atoms with van der Waals surface area (Å²) in [6, 6.07) is 27.7. The zero-order chi connectivity index (χ0) is 34.7. The highest BCUT2D eigenvalue weighted by molar-refractivity contribution is 7.07. The molecule has 0 spiro atoms. The molecule has 248 valence electrons. The van der Waals surface area contributed by atoms with Crippen molar-refractivity contribution in [2.75, 3.05) is 6.61 Å². The minimum atomic E-state index is -0.800. The van der Waals surface area contributed by atoms with Gasteiger partial charge in [0.1, 0.15) is 12.4 Å². The number of carbonyl (C=O) groups excluding carboxylic acids is 1. The Morgan fingerprint density at radius 2 is 1.76 bits per heavy atom. The number of halogens is 1. The van der Waals surface area contributed by atoms with Crippen LogP contribution in [0.15, 0.2) is 112 Å². The summed E-state index contributed by atoms with van der Waals surface area (Å²) in [6.07, 6.45) is 1.70. The number of nitro benzene ring substituents is 1. The van der Waals surface area contributed by atoms with Gasteiger partial charge in [0.05, 0.1) is 33.4 Å². The van der Waals surface area contributed by atoms with E-state index in [0.29, 0.717) is 37.3 Å². The maximum absolute atomic E-state index is 14.4. The smallest absolute Gasteiger partial charge is 0.338 e. The predicted molar refractivity (Wildman–Crippen MR) is 190 cm³/mol. The molecule has 1 atom stereocenters. The molecule has 9 nitrogen and oxygen atoms in total. The molecular formula is C38H32ClN3O6S. The lowest BCUT2D eigenvalue weighted by Crippen LogP contribution is -2.40. The van der Waals surface area contributed by atoms with Crippen LogP contribution >= 0.6 is 22.9 Å². The van der Waals surface area contributed by atoms with Crippen molar-refractivity contribution in [3.8, 4) is 5.75 Å². The molecule has 0 fully saturated rings. The van der Waals surface area contributed by atoms with E-state index in [-0.39, 0.29) is 30.0 Å². The largest absolute Gasteiger partial charge is 0.488 e. The number of benzene rings is 4. The fourth-order valence-corrected chi connectivity index (χ4v) is 6.77. The zero-order valence-electron chi connectivity index (χ0n) is 27.0. The summed E-state index contributed by atoms with van der Waals surface area (Å²) in [6.45, 7) is 6.25. The number of carbonyl (C=O) groups is 1. The minimum Gasteiger partial charge on any atom is -0.488 e. The quantitative estimate of drug-likeness (QED) is 0.0869. The third kappa shape index (κ3) is 7.11. The first kappa shape index (κ1) is 33.6. The van der Waals surface area contributed by atoms with Crippen LogP contribution in [-0.2, 0) is 16.1 Å². The Kier molecular flexibility index (Phi) is 9.89. The molecule has 0 amide bonds. The van der Waals surface area contributed by atoms with Crippen LogP contribution in [0.3, 0.4) is 0 Å². The van der Waals surface area contributed by atoms with Gasteiger partial charge in [0.2, 0.25) is 0 Å². The van der Waals surface area contributed by atoms with Crippen molar-refractivity contribution in [2.45, 2.75) is 39.3 Å². The number of nitro groups is 1. The fourth-order valence-electron chi connectivity index (χ4n) is 5.60. The molecule has 0 saturated heterocycles. The average molecular weight is 694 g/mol. The molecule has 0 saturated carbocycles. The summed E-state index contributed by atoms with van der Waals surface area (Å²) >= 11 is 7.60. The number of ether oxygens (including phenoxy) is 2. The second-order valence-electron chi connectivity index (χ2n) is 11.6. The van der Waals surface area contributed by atoms with Crippen LogP contribution in [-0.4, -0.2) is 22.1 Å². The van der Waals surface area contributed by atoms with E-state index in [1.807, 2.05) is 54.6 Å². The molecule has 0 unspecified atom stereocenters. The molecule has 0 bridgehead atoms. The molecule has 2 heterocycles. The number of esters is 1. The van der Waals surface area contributed by atoms with Gasteiger partial charge in [-0.25, -0.2) is 9.79 Å². The molecule has 11 heteroatoms. The average Bonchev–Trinajstić information content (AvgIpc) is 3.41. The summed E-state index contributed by atoms with van der Waals surface area (Å²) in [5, 5.41) is 11.5. The lowest BCUT2D eigenvalue weighted by molar-refractivity contribution is -0.384. The summed E-state index contributed by atoms with van der Waals surface area (Å²) in [4.78, 5) is 44.1. The van der Waals surface area contributed by atoms with Crippen molar-refractivity contribution < 1.29 is 19.2 Å². The third-order valence-electron chi connectivity index (χ3n) is 8.09. The molecule has 1 aromatic heterocycles. The second kappa shape index (κ2) is 14.4. The number of aromatic nitrogens is 1. The van der Waals surface area contributed by atoms with Crippen molar-refractivity contribution in [3.05, 3.63) is 165 Å². The van der Waals surface area contributed by atoms with E-state index in [2.05, 4.69) is 13.8 Å². The minimum absolute atomic E-state index is 0.0120. The molecule has 6 rings (SSSR count). The maximum Gasteiger partial charge on any atom is 0.338 e. The first-order valence-electron chi connectivity index (χ1n) is 15.7. The second-order valence-corrected chi connectivity index (χ2v) is 13.1. The first-order chi connectivity index (χ1) is 23.6. The van der Waals surface area contributed by atoms with Crippen LogP contribution in [0.2, 0.25) is 5.02 Å². The molecule has 1 aliphatic heterocycles. The number of thiazole rings is 1. The first-order valence-corrected chi connectivity index (χ1v) is 16.9. The Balaban J connectivity index is 1.50. The molecule has 1 aliphatic rings. The van der Waals surface area contributed by atoms with Crippen molar-refractivity contribution in [2.24, 2.45) is 4.99 Å². The van der Waals surface area contributed by atoms with Gasteiger partial charge < -0.3 is 9.47 Å². The van der Waals surface area contributed by atoms with Gasteiger partial charge in [0.25, 0.3) is 11.2 Å². The van der Waals surface area contributed by atoms with Crippen LogP contribution in [0.4, 0.5) is 5.69 Å². The van der Waals surface area contributed by atoms with Gasteiger partial charge in [-0.15, -0.1) is 0 Å². The van der Waals surface area contributed by atoms with E-state index in [1.165, 1.54) is 23.5 Å². The Labute approximate surface area is 291 Å². The fraction of sp³-hybridized carbons (Fsp3) is 0.184. The van der Waals surface area contributed by atoms with Gasteiger partial charge in [0.15, 0.2) is 4.80 Å². The van der Waals surface area contributed by atoms with E-state index in [1.54, 1.807) is 47.9 Å². The van der Waals surface area contributed by atoms with Crippen molar-refractivity contribution in [1.82, 2.24) is 4.57 Å². The van der Waals surface area contributed by atoms with Crippen molar-refractivity contribution in [1.29, 1.82) is 0 Å². The molecule has 0 aliphatic carbocycles.